The molecule has 7 heteroatoms. The topological polar surface area (TPSA) is 81.9 Å². The molecule has 0 radical (unpaired) electrons. The Hall–Kier alpha value is -2.93. The summed E-state index contributed by atoms with van der Waals surface area (Å²) in [6.45, 7) is 4.31. The Labute approximate surface area is 151 Å². The summed E-state index contributed by atoms with van der Waals surface area (Å²) in [6, 6.07) is 12.1. The number of ether oxygens (including phenoxy) is 2. The maximum Gasteiger partial charge on any atom is 0.338 e. The molecule has 1 aliphatic heterocycles. The van der Waals surface area contributed by atoms with E-state index in [1.807, 2.05) is 36.1 Å². The molecule has 0 aromatic heterocycles. The van der Waals surface area contributed by atoms with Crippen LogP contribution in [0.3, 0.4) is 0 Å². The van der Waals surface area contributed by atoms with Crippen LogP contribution < -0.4 is 4.90 Å². The van der Waals surface area contributed by atoms with Gasteiger partial charge in [0.2, 0.25) is 0 Å². The molecule has 3 rings (SSSR count). The number of rotatable bonds is 5. The summed E-state index contributed by atoms with van der Waals surface area (Å²) in [5.74, 6) is -0.581. The number of carbonyl (C=O) groups excluding carboxylic acids is 1. The van der Waals surface area contributed by atoms with Gasteiger partial charge in [-0.15, -0.1) is 0 Å². The van der Waals surface area contributed by atoms with Gasteiger partial charge in [-0.3, -0.25) is 10.1 Å². The molecule has 1 aliphatic rings. The standard InChI is InChI=1S/C19H20N2O5/c1-14-2-4-15(5-3-14)13-26-19(22)16-6-7-17(18(12-16)21(23)24)20-8-10-25-11-9-20/h2-7,12H,8-11,13H2,1H3. The van der Waals surface area contributed by atoms with Crippen molar-refractivity contribution in [3.8, 4) is 0 Å². The van der Waals surface area contributed by atoms with E-state index in [4.69, 9.17) is 9.47 Å². The number of hydrogen-bond donors (Lipinski definition) is 0. The van der Waals surface area contributed by atoms with Crippen molar-refractivity contribution < 1.29 is 19.2 Å². The van der Waals surface area contributed by atoms with Gasteiger partial charge < -0.3 is 14.4 Å². The summed E-state index contributed by atoms with van der Waals surface area (Å²) in [4.78, 5) is 25.1. The Kier molecular flexibility index (Phi) is 5.48. The highest BCUT2D eigenvalue weighted by molar-refractivity contribution is 5.91. The number of nitro groups is 1. The van der Waals surface area contributed by atoms with Crippen LogP contribution in [0.4, 0.5) is 11.4 Å². The third-order valence-electron chi connectivity index (χ3n) is 4.25. The fourth-order valence-electron chi connectivity index (χ4n) is 2.78. The molecular formula is C19H20N2O5. The monoisotopic (exact) mass is 356 g/mol. The van der Waals surface area contributed by atoms with Crippen LogP contribution in [-0.4, -0.2) is 37.2 Å². The SMILES string of the molecule is Cc1ccc(COC(=O)c2ccc(N3CCOCC3)c([N+](=O)[O-])c2)cc1. The van der Waals surface area contributed by atoms with Crippen LogP contribution in [0.15, 0.2) is 42.5 Å². The van der Waals surface area contributed by atoms with Gasteiger partial charge in [0.15, 0.2) is 0 Å². The highest BCUT2D eigenvalue weighted by Gasteiger charge is 2.23. The number of esters is 1. The molecule has 26 heavy (non-hydrogen) atoms. The first-order valence-electron chi connectivity index (χ1n) is 8.38. The normalized spacial score (nSPS) is 14.1. The van der Waals surface area contributed by atoms with Crippen molar-refractivity contribution in [3.63, 3.8) is 0 Å². The number of anilines is 1. The Morgan fingerprint density at radius 3 is 2.54 bits per heavy atom. The molecule has 1 heterocycles. The maximum absolute atomic E-state index is 12.3. The van der Waals surface area contributed by atoms with Crippen LogP contribution in [-0.2, 0) is 16.1 Å². The van der Waals surface area contributed by atoms with Gasteiger partial charge in [-0.05, 0) is 24.6 Å². The second-order valence-electron chi connectivity index (χ2n) is 6.12. The summed E-state index contributed by atoms with van der Waals surface area (Å²) in [5, 5.41) is 11.4. The molecule has 0 N–H and O–H groups in total. The van der Waals surface area contributed by atoms with Gasteiger partial charge in [0.1, 0.15) is 12.3 Å². The minimum atomic E-state index is -0.581. The van der Waals surface area contributed by atoms with Crippen LogP contribution in [0, 0.1) is 17.0 Å². The fraction of sp³-hybridized carbons (Fsp3) is 0.316. The lowest BCUT2D eigenvalue weighted by Gasteiger charge is -2.28. The van der Waals surface area contributed by atoms with E-state index in [-0.39, 0.29) is 17.9 Å². The molecular weight excluding hydrogens is 336 g/mol. The van der Waals surface area contributed by atoms with Crippen molar-refractivity contribution >= 4 is 17.3 Å². The van der Waals surface area contributed by atoms with Crippen molar-refractivity contribution in [2.24, 2.45) is 0 Å². The average Bonchev–Trinajstić information content (AvgIpc) is 2.67. The number of carbonyl (C=O) groups is 1. The third kappa shape index (κ3) is 4.18. The second-order valence-corrected chi connectivity index (χ2v) is 6.12. The number of nitro benzene ring substituents is 1. The number of aryl methyl sites for hydroxylation is 1. The Morgan fingerprint density at radius 1 is 1.19 bits per heavy atom. The smallest absolute Gasteiger partial charge is 0.338 e. The van der Waals surface area contributed by atoms with Crippen LogP contribution in [0.5, 0.6) is 0 Å². The minimum Gasteiger partial charge on any atom is -0.457 e. The first-order chi connectivity index (χ1) is 12.5. The van der Waals surface area contributed by atoms with Crippen molar-refractivity contribution in [1.82, 2.24) is 0 Å². The lowest BCUT2D eigenvalue weighted by molar-refractivity contribution is -0.384. The van der Waals surface area contributed by atoms with Crippen molar-refractivity contribution in [3.05, 3.63) is 69.3 Å². The fourth-order valence-corrected chi connectivity index (χ4v) is 2.78. The summed E-state index contributed by atoms with van der Waals surface area (Å²) < 4.78 is 10.6. The van der Waals surface area contributed by atoms with Crippen molar-refractivity contribution in [1.29, 1.82) is 0 Å². The molecule has 0 aliphatic carbocycles. The highest BCUT2D eigenvalue weighted by Crippen LogP contribution is 2.30. The molecule has 2 aromatic rings. The molecule has 1 saturated heterocycles. The largest absolute Gasteiger partial charge is 0.457 e. The zero-order valence-corrected chi connectivity index (χ0v) is 14.5. The number of hydrogen-bond acceptors (Lipinski definition) is 6. The summed E-state index contributed by atoms with van der Waals surface area (Å²) >= 11 is 0. The summed E-state index contributed by atoms with van der Waals surface area (Å²) in [6.07, 6.45) is 0. The van der Waals surface area contributed by atoms with E-state index >= 15 is 0 Å². The van der Waals surface area contributed by atoms with Crippen molar-refractivity contribution in [2.45, 2.75) is 13.5 Å². The van der Waals surface area contributed by atoms with Gasteiger partial charge in [0.25, 0.3) is 5.69 Å². The van der Waals surface area contributed by atoms with E-state index < -0.39 is 10.9 Å². The first-order valence-corrected chi connectivity index (χ1v) is 8.38. The molecule has 0 amide bonds. The second kappa shape index (κ2) is 7.97. The van der Waals surface area contributed by atoms with E-state index in [0.717, 1.165) is 11.1 Å². The van der Waals surface area contributed by atoms with E-state index in [2.05, 4.69) is 0 Å². The quantitative estimate of drug-likeness (QED) is 0.465. The van der Waals surface area contributed by atoms with E-state index in [0.29, 0.717) is 32.0 Å². The molecule has 0 unspecified atom stereocenters. The van der Waals surface area contributed by atoms with Crippen molar-refractivity contribution in [2.75, 3.05) is 31.2 Å². The van der Waals surface area contributed by atoms with E-state index in [1.54, 1.807) is 12.1 Å². The highest BCUT2D eigenvalue weighted by atomic mass is 16.6. The maximum atomic E-state index is 12.3. The molecule has 0 atom stereocenters. The van der Waals surface area contributed by atoms with Gasteiger partial charge >= 0.3 is 5.97 Å². The van der Waals surface area contributed by atoms with Gasteiger partial charge in [-0.1, -0.05) is 29.8 Å². The lowest BCUT2D eigenvalue weighted by Crippen LogP contribution is -2.36. The molecule has 0 spiro atoms. The first kappa shape index (κ1) is 17.9. The predicted octanol–water partition coefficient (Wildman–Crippen LogP) is 3.10. The molecule has 7 nitrogen and oxygen atoms in total. The molecule has 0 bridgehead atoms. The Balaban J connectivity index is 1.74. The zero-order chi connectivity index (χ0) is 18.5. The number of benzene rings is 2. The third-order valence-corrected chi connectivity index (χ3v) is 4.25. The summed E-state index contributed by atoms with van der Waals surface area (Å²) in [7, 11) is 0. The van der Waals surface area contributed by atoms with Gasteiger partial charge in [0, 0.05) is 19.2 Å². The number of nitrogens with zero attached hydrogens (tertiary/aromatic N) is 2. The van der Waals surface area contributed by atoms with E-state index in [9.17, 15) is 14.9 Å². The number of morpholine rings is 1. The van der Waals surface area contributed by atoms with Crippen LogP contribution >= 0.6 is 0 Å². The zero-order valence-electron chi connectivity index (χ0n) is 14.5. The van der Waals surface area contributed by atoms with Gasteiger partial charge in [-0.2, -0.15) is 0 Å². The molecule has 2 aromatic carbocycles. The average molecular weight is 356 g/mol. The van der Waals surface area contributed by atoms with E-state index in [1.165, 1.54) is 6.07 Å². The summed E-state index contributed by atoms with van der Waals surface area (Å²) in [5.41, 5.74) is 2.55. The Bertz CT molecular complexity index is 798. The van der Waals surface area contributed by atoms with Crippen LogP contribution in [0.1, 0.15) is 21.5 Å². The molecule has 136 valence electrons. The lowest BCUT2D eigenvalue weighted by atomic mass is 10.1. The molecule has 0 saturated carbocycles. The minimum absolute atomic E-state index is 0.100. The van der Waals surface area contributed by atoms with Crippen LogP contribution in [0.2, 0.25) is 0 Å². The Morgan fingerprint density at radius 2 is 1.88 bits per heavy atom. The predicted molar refractivity (Wildman–Crippen MR) is 96.4 cm³/mol. The van der Waals surface area contributed by atoms with Crippen LogP contribution in [0.25, 0.3) is 0 Å². The molecule has 1 fully saturated rings. The van der Waals surface area contributed by atoms with Gasteiger partial charge in [-0.25, -0.2) is 4.79 Å². The van der Waals surface area contributed by atoms with Gasteiger partial charge in [0.05, 0.1) is 23.7 Å².